The average molecular weight is 429 g/mol. The zero-order chi connectivity index (χ0) is 21.3. The number of para-hydroxylation sites is 1. The third-order valence-corrected chi connectivity index (χ3v) is 4.55. The molecular formula is C18H16ClF3N4O3. The second kappa shape index (κ2) is 7.78. The summed E-state index contributed by atoms with van der Waals surface area (Å²) in [5, 5.41) is 8.21. The Bertz CT molecular complexity index is 986. The van der Waals surface area contributed by atoms with Crippen molar-refractivity contribution in [3.63, 3.8) is 0 Å². The van der Waals surface area contributed by atoms with Crippen LogP contribution in [0.15, 0.2) is 41.6 Å². The number of hydrogen-bond acceptors (Lipinski definition) is 4. The maximum atomic E-state index is 13.6. The van der Waals surface area contributed by atoms with Crippen LogP contribution in [-0.4, -0.2) is 34.6 Å². The van der Waals surface area contributed by atoms with Gasteiger partial charge in [-0.05, 0) is 26.0 Å². The highest BCUT2D eigenvalue weighted by Crippen LogP contribution is 2.39. The molecule has 0 saturated carbocycles. The van der Waals surface area contributed by atoms with Gasteiger partial charge < -0.3 is 15.4 Å². The first-order valence-electron chi connectivity index (χ1n) is 8.51. The third-order valence-electron chi connectivity index (χ3n) is 4.19. The fourth-order valence-corrected chi connectivity index (χ4v) is 3.39. The number of amides is 2. The van der Waals surface area contributed by atoms with E-state index in [9.17, 15) is 22.8 Å². The van der Waals surface area contributed by atoms with Crippen LogP contribution in [-0.2, 0) is 9.53 Å². The van der Waals surface area contributed by atoms with Gasteiger partial charge in [-0.15, -0.1) is 0 Å². The number of aryl methyl sites for hydroxylation is 1. The third kappa shape index (κ3) is 3.93. The number of halogens is 4. The lowest BCUT2D eigenvalue weighted by atomic mass is 9.95. The highest BCUT2D eigenvalue weighted by molar-refractivity contribution is 6.31. The standard InChI is InChI=1S/C18H16ClF3N4O3/c1-3-29-16(27)12-13(23-17(28)24-14(12)18(20,21)22)11-9(2)25-26(15(11)19)10-7-5-4-6-8-10/h4-8,13H,3H2,1-2H3,(H2,23,24,28). The lowest BCUT2D eigenvalue weighted by Crippen LogP contribution is -2.49. The topological polar surface area (TPSA) is 85.2 Å². The number of nitrogens with zero attached hydrogens (tertiary/aromatic N) is 2. The molecule has 0 saturated heterocycles. The molecule has 2 heterocycles. The molecule has 1 atom stereocenters. The molecule has 0 fully saturated rings. The van der Waals surface area contributed by atoms with Gasteiger partial charge in [-0.3, -0.25) is 0 Å². The summed E-state index contributed by atoms with van der Waals surface area (Å²) in [5.74, 6) is -1.22. The largest absolute Gasteiger partial charge is 0.463 e. The summed E-state index contributed by atoms with van der Waals surface area (Å²) in [5.41, 5.74) is -1.42. The summed E-state index contributed by atoms with van der Waals surface area (Å²) in [4.78, 5) is 24.4. The Morgan fingerprint density at radius 2 is 1.97 bits per heavy atom. The Morgan fingerprint density at radius 3 is 2.55 bits per heavy atom. The van der Waals surface area contributed by atoms with E-state index in [1.807, 2.05) is 0 Å². The van der Waals surface area contributed by atoms with Crippen LogP contribution in [0.3, 0.4) is 0 Å². The number of benzene rings is 1. The lowest BCUT2D eigenvalue weighted by molar-refractivity contribution is -0.140. The molecule has 0 aliphatic carbocycles. The molecule has 2 amide bonds. The van der Waals surface area contributed by atoms with Gasteiger partial charge in [0, 0.05) is 5.56 Å². The molecule has 1 unspecified atom stereocenters. The van der Waals surface area contributed by atoms with Crippen molar-refractivity contribution in [2.24, 2.45) is 0 Å². The van der Waals surface area contributed by atoms with Gasteiger partial charge in [-0.1, -0.05) is 29.8 Å². The predicted molar refractivity (Wildman–Crippen MR) is 97.4 cm³/mol. The number of carbonyl (C=O) groups excluding carboxylic acids is 2. The first kappa shape index (κ1) is 20.7. The number of urea groups is 1. The Kier molecular flexibility index (Phi) is 5.56. The van der Waals surface area contributed by atoms with Crippen LogP contribution in [0.4, 0.5) is 18.0 Å². The van der Waals surface area contributed by atoms with Crippen LogP contribution in [0.1, 0.15) is 24.2 Å². The fraction of sp³-hybridized carbons (Fsp3) is 0.278. The van der Waals surface area contributed by atoms with E-state index in [2.05, 4.69) is 10.4 Å². The molecular weight excluding hydrogens is 413 g/mol. The molecule has 3 rings (SSSR count). The quantitative estimate of drug-likeness (QED) is 0.729. The van der Waals surface area contributed by atoms with E-state index >= 15 is 0 Å². The van der Waals surface area contributed by atoms with Crippen molar-refractivity contribution in [1.29, 1.82) is 0 Å². The monoisotopic (exact) mass is 428 g/mol. The van der Waals surface area contributed by atoms with E-state index in [1.54, 1.807) is 35.6 Å². The molecule has 29 heavy (non-hydrogen) atoms. The first-order valence-corrected chi connectivity index (χ1v) is 8.89. The second-order valence-electron chi connectivity index (χ2n) is 6.08. The molecule has 1 aromatic carbocycles. The van der Waals surface area contributed by atoms with Gasteiger partial charge in [0.1, 0.15) is 10.9 Å². The number of carbonyl (C=O) groups is 2. The molecule has 1 aliphatic heterocycles. The Morgan fingerprint density at radius 1 is 1.31 bits per heavy atom. The number of aromatic nitrogens is 2. The summed E-state index contributed by atoms with van der Waals surface area (Å²) < 4.78 is 46.8. The van der Waals surface area contributed by atoms with Crippen molar-refractivity contribution in [2.75, 3.05) is 6.61 Å². The van der Waals surface area contributed by atoms with Crippen LogP contribution < -0.4 is 10.6 Å². The van der Waals surface area contributed by atoms with Gasteiger partial charge in [-0.2, -0.15) is 18.3 Å². The number of nitrogens with one attached hydrogen (secondary N) is 2. The van der Waals surface area contributed by atoms with Crippen LogP contribution in [0.25, 0.3) is 5.69 Å². The van der Waals surface area contributed by atoms with Gasteiger partial charge in [0.05, 0.1) is 29.6 Å². The van der Waals surface area contributed by atoms with Crippen molar-refractivity contribution in [3.8, 4) is 5.69 Å². The summed E-state index contributed by atoms with van der Waals surface area (Å²) in [6, 6.07) is 6.03. The van der Waals surface area contributed by atoms with Gasteiger partial charge in [0.15, 0.2) is 0 Å². The zero-order valence-electron chi connectivity index (χ0n) is 15.3. The first-order chi connectivity index (χ1) is 13.6. The number of ether oxygens (including phenoxy) is 1. The number of allylic oxidation sites excluding steroid dienone is 1. The fourth-order valence-electron chi connectivity index (χ4n) is 3.01. The van der Waals surface area contributed by atoms with Crippen LogP contribution >= 0.6 is 11.6 Å². The molecule has 11 heteroatoms. The minimum absolute atomic E-state index is 0.0378. The van der Waals surface area contributed by atoms with Crippen molar-refractivity contribution in [1.82, 2.24) is 20.4 Å². The van der Waals surface area contributed by atoms with Gasteiger partial charge in [0.25, 0.3) is 0 Å². The second-order valence-corrected chi connectivity index (χ2v) is 6.43. The molecule has 0 spiro atoms. The van der Waals surface area contributed by atoms with E-state index in [4.69, 9.17) is 16.3 Å². The molecule has 2 aromatic rings. The van der Waals surface area contributed by atoms with Crippen molar-refractivity contribution >= 4 is 23.6 Å². The van der Waals surface area contributed by atoms with E-state index in [1.165, 1.54) is 18.5 Å². The highest BCUT2D eigenvalue weighted by Gasteiger charge is 2.47. The summed E-state index contributed by atoms with van der Waals surface area (Å²) in [7, 11) is 0. The Hall–Kier alpha value is -3.01. The van der Waals surface area contributed by atoms with Crippen molar-refractivity contribution in [2.45, 2.75) is 26.1 Å². The summed E-state index contributed by atoms with van der Waals surface area (Å²) in [6.07, 6.45) is -4.99. The van der Waals surface area contributed by atoms with E-state index in [0.717, 1.165) is 0 Å². The minimum atomic E-state index is -4.99. The zero-order valence-corrected chi connectivity index (χ0v) is 16.1. The van der Waals surface area contributed by atoms with Gasteiger partial charge in [-0.25, -0.2) is 14.3 Å². The Labute approximate surface area is 168 Å². The summed E-state index contributed by atoms with van der Waals surface area (Å²) in [6.45, 7) is 2.83. The van der Waals surface area contributed by atoms with E-state index < -0.39 is 35.5 Å². The maximum Gasteiger partial charge on any atom is 0.432 e. The molecule has 1 aliphatic rings. The molecule has 2 N–H and O–H groups in total. The highest BCUT2D eigenvalue weighted by atomic mass is 35.5. The van der Waals surface area contributed by atoms with Crippen LogP contribution in [0.5, 0.6) is 0 Å². The normalized spacial score (nSPS) is 17.0. The van der Waals surface area contributed by atoms with Crippen LogP contribution in [0.2, 0.25) is 5.15 Å². The van der Waals surface area contributed by atoms with Gasteiger partial charge >= 0.3 is 18.2 Å². The number of esters is 1. The van der Waals surface area contributed by atoms with Gasteiger partial charge in [0.2, 0.25) is 0 Å². The average Bonchev–Trinajstić information content (AvgIpc) is 2.95. The number of rotatable bonds is 4. The number of hydrogen-bond donors (Lipinski definition) is 2. The van der Waals surface area contributed by atoms with Crippen LogP contribution in [0, 0.1) is 6.92 Å². The van der Waals surface area contributed by atoms with E-state index in [-0.39, 0.29) is 23.0 Å². The SMILES string of the molecule is CCOC(=O)C1=C(C(F)(F)F)NC(=O)NC1c1c(C)nn(-c2ccccc2)c1Cl. The van der Waals surface area contributed by atoms with Crippen molar-refractivity contribution in [3.05, 3.63) is 58.0 Å². The summed E-state index contributed by atoms with van der Waals surface area (Å²) >= 11 is 6.43. The molecule has 0 radical (unpaired) electrons. The molecule has 0 bridgehead atoms. The van der Waals surface area contributed by atoms with Crippen molar-refractivity contribution < 1.29 is 27.5 Å². The Balaban J connectivity index is 2.21. The number of alkyl halides is 3. The minimum Gasteiger partial charge on any atom is -0.463 e. The molecule has 154 valence electrons. The lowest BCUT2D eigenvalue weighted by Gasteiger charge is -2.29. The molecule has 7 nitrogen and oxygen atoms in total. The predicted octanol–water partition coefficient (Wildman–Crippen LogP) is 3.57. The maximum absolute atomic E-state index is 13.6. The molecule has 1 aromatic heterocycles. The van der Waals surface area contributed by atoms with E-state index in [0.29, 0.717) is 5.69 Å². The smallest absolute Gasteiger partial charge is 0.432 e.